The third-order valence-electron chi connectivity index (χ3n) is 2.42. The van der Waals surface area contributed by atoms with Crippen molar-refractivity contribution in [3.05, 3.63) is 0 Å². The van der Waals surface area contributed by atoms with Crippen LogP contribution in [0.3, 0.4) is 0 Å². The molecule has 0 aliphatic carbocycles. The Morgan fingerprint density at radius 3 is 1.21 bits per heavy atom. The molecule has 0 bridgehead atoms. The van der Waals surface area contributed by atoms with Crippen molar-refractivity contribution in [2.75, 3.05) is 13.2 Å². The molecule has 0 heterocycles. The van der Waals surface area contributed by atoms with E-state index in [4.69, 9.17) is 19.1 Å². The zero-order valence-corrected chi connectivity index (χ0v) is 15.7. The zero-order valence-electron chi connectivity index (χ0n) is 15.7. The number of hydrogen-bond acceptors (Lipinski definition) is 7. The summed E-state index contributed by atoms with van der Waals surface area (Å²) in [5, 5.41) is 1.48. The van der Waals surface area contributed by atoms with Gasteiger partial charge >= 0.3 is 18.3 Å². The highest BCUT2D eigenvalue weighted by molar-refractivity contribution is 5.72. The number of ether oxygens (including phenoxy) is 2. The standard InChI is InChI=1S/C15H28N2O7/c1-9-21-11(18)16(14(3,4)5)23-13(20)24-17(15(6,7)8)12(19)22-10-2/h9-10H2,1-8H3. The lowest BCUT2D eigenvalue weighted by Crippen LogP contribution is -2.50. The normalized spacial score (nSPS) is 11.3. The SMILES string of the molecule is CCOC(=O)N(OC(=O)ON(C(=O)OCC)C(C)(C)C)C(C)(C)C. The first-order chi connectivity index (χ1) is 10.8. The molecule has 9 heteroatoms. The average molecular weight is 348 g/mol. The Hall–Kier alpha value is -2.19. The summed E-state index contributed by atoms with van der Waals surface area (Å²) in [4.78, 5) is 45.7. The summed E-state index contributed by atoms with van der Waals surface area (Å²) in [5.74, 6) is 0. The minimum atomic E-state index is -1.26. The van der Waals surface area contributed by atoms with E-state index in [1.165, 1.54) is 0 Å². The molecule has 0 aromatic carbocycles. The van der Waals surface area contributed by atoms with Crippen molar-refractivity contribution in [1.29, 1.82) is 0 Å². The molecule has 0 aromatic heterocycles. The van der Waals surface area contributed by atoms with Gasteiger partial charge in [0, 0.05) is 0 Å². The van der Waals surface area contributed by atoms with Gasteiger partial charge < -0.3 is 9.47 Å². The molecule has 140 valence electrons. The lowest BCUT2D eigenvalue weighted by atomic mass is 10.1. The number of hydrogen-bond donors (Lipinski definition) is 0. The fourth-order valence-electron chi connectivity index (χ4n) is 1.43. The van der Waals surface area contributed by atoms with E-state index in [-0.39, 0.29) is 13.2 Å². The number of carbonyl (C=O) groups is 3. The third kappa shape index (κ3) is 6.93. The van der Waals surface area contributed by atoms with Gasteiger partial charge in [0.05, 0.1) is 24.3 Å². The predicted molar refractivity (Wildman–Crippen MR) is 84.8 cm³/mol. The molecule has 0 saturated carbocycles. The van der Waals surface area contributed by atoms with Gasteiger partial charge in [-0.1, -0.05) is 0 Å². The van der Waals surface area contributed by atoms with E-state index in [2.05, 4.69) is 0 Å². The van der Waals surface area contributed by atoms with Gasteiger partial charge in [0.2, 0.25) is 0 Å². The van der Waals surface area contributed by atoms with Crippen LogP contribution in [0.2, 0.25) is 0 Å². The van der Waals surface area contributed by atoms with E-state index in [9.17, 15) is 14.4 Å². The van der Waals surface area contributed by atoms with Crippen molar-refractivity contribution in [2.45, 2.75) is 66.5 Å². The fourth-order valence-corrected chi connectivity index (χ4v) is 1.43. The van der Waals surface area contributed by atoms with Gasteiger partial charge in [-0.05, 0) is 55.4 Å². The summed E-state index contributed by atoms with van der Waals surface area (Å²) < 4.78 is 9.68. The summed E-state index contributed by atoms with van der Waals surface area (Å²) in [6.07, 6.45) is -2.96. The lowest BCUT2D eigenvalue weighted by molar-refractivity contribution is -0.207. The monoisotopic (exact) mass is 348 g/mol. The molecule has 0 N–H and O–H groups in total. The van der Waals surface area contributed by atoms with Gasteiger partial charge in [-0.25, -0.2) is 9.59 Å². The molecular weight excluding hydrogens is 320 g/mol. The topological polar surface area (TPSA) is 94.6 Å². The Labute approximate surface area is 142 Å². The van der Waals surface area contributed by atoms with Crippen LogP contribution >= 0.6 is 0 Å². The minimum absolute atomic E-state index is 0.112. The summed E-state index contributed by atoms with van der Waals surface area (Å²) in [7, 11) is 0. The Balaban J connectivity index is 5.16. The Morgan fingerprint density at radius 1 is 0.708 bits per heavy atom. The lowest BCUT2D eigenvalue weighted by Gasteiger charge is -2.34. The highest BCUT2D eigenvalue weighted by atomic mass is 16.9. The molecule has 0 spiro atoms. The molecule has 0 unspecified atom stereocenters. The molecule has 0 aliphatic rings. The van der Waals surface area contributed by atoms with Crippen LogP contribution in [0.15, 0.2) is 0 Å². The summed E-state index contributed by atoms with van der Waals surface area (Å²) >= 11 is 0. The Kier molecular flexibility index (Phi) is 7.82. The summed E-state index contributed by atoms with van der Waals surface area (Å²) in [6.45, 7) is 13.3. The zero-order chi connectivity index (χ0) is 19.1. The first kappa shape index (κ1) is 21.8. The molecule has 0 atom stereocenters. The molecule has 24 heavy (non-hydrogen) atoms. The van der Waals surface area contributed by atoms with Crippen LogP contribution in [-0.2, 0) is 19.1 Å². The highest BCUT2D eigenvalue weighted by Crippen LogP contribution is 2.19. The number of nitrogens with zero attached hydrogens (tertiary/aromatic N) is 2. The molecule has 0 rings (SSSR count). The molecule has 9 nitrogen and oxygen atoms in total. The smallest absolute Gasteiger partial charge is 0.448 e. The maximum Gasteiger partial charge on any atom is 0.559 e. The maximum absolute atomic E-state index is 12.0. The second kappa shape index (κ2) is 8.60. The Bertz CT molecular complexity index is 412. The van der Waals surface area contributed by atoms with E-state index in [0.29, 0.717) is 0 Å². The van der Waals surface area contributed by atoms with Crippen LogP contribution in [0.5, 0.6) is 0 Å². The Morgan fingerprint density at radius 2 is 1.00 bits per heavy atom. The largest absolute Gasteiger partial charge is 0.559 e. The van der Waals surface area contributed by atoms with Crippen LogP contribution in [0.1, 0.15) is 55.4 Å². The molecule has 0 radical (unpaired) electrons. The van der Waals surface area contributed by atoms with Crippen molar-refractivity contribution in [3.63, 3.8) is 0 Å². The van der Waals surface area contributed by atoms with Crippen LogP contribution < -0.4 is 0 Å². The molecule has 0 saturated heterocycles. The molecule has 0 fully saturated rings. The second-order valence-electron chi connectivity index (χ2n) is 6.76. The van der Waals surface area contributed by atoms with Crippen molar-refractivity contribution in [3.8, 4) is 0 Å². The van der Waals surface area contributed by atoms with E-state index in [0.717, 1.165) is 10.1 Å². The second-order valence-corrected chi connectivity index (χ2v) is 6.76. The first-order valence-corrected chi connectivity index (χ1v) is 7.68. The average Bonchev–Trinajstić information content (AvgIpc) is 2.40. The van der Waals surface area contributed by atoms with Crippen molar-refractivity contribution in [1.82, 2.24) is 10.1 Å². The fraction of sp³-hybridized carbons (Fsp3) is 0.800. The highest BCUT2D eigenvalue weighted by Gasteiger charge is 2.37. The van der Waals surface area contributed by atoms with Gasteiger partial charge in [-0.3, -0.25) is 9.68 Å². The van der Waals surface area contributed by atoms with Crippen molar-refractivity contribution in [2.24, 2.45) is 0 Å². The van der Waals surface area contributed by atoms with Crippen LogP contribution in [0.25, 0.3) is 0 Å². The molecular formula is C15H28N2O7. The predicted octanol–water partition coefficient (Wildman–Crippen LogP) is 3.48. The van der Waals surface area contributed by atoms with Gasteiger partial charge in [0.25, 0.3) is 0 Å². The van der Waals surface area contributed by atoms with Gasteiger partial charge in [-0.2, -0.15) is 4.79 Å². The van der Waals surface area contributed by atoms with E-state index in [1.807, 2.05) is 0 Å². The molecule has 0 aliphatic heterocycles. The van der Waals surface area contributed by atoms with Crippen molar-refractivity contribution >= 4 is 18.3 Å². The van der Waals surface area contributed by atoms with Gasteiger partial charge in [-0.15, -0.1) is 10.1 Å². The van der Waals surface area contributed by atoms with Crippen molar-refractivity contribution < 1.29 is 33.5 Å². The van der Waals surface area contributed by atoms with Gasteiger partial charge in [0.1, 0.15) is 0 Å². The van der Waals surface area contributed by atoms with E-state index < -0.39 is 29.4 Å². The number of hydroxylamine groups is 4. The number of amides is 2. The van der Waals surface area contributed by atoms with E-state index >= 15 is 0 Å². The molecule has 0 aromatic rings. The van der Waals surface area contributed by atoms with Crippen LogP contribution in [0, 0.1) is 0 Å². The third-order valence-corrected chi connectivity index (χ3v) is 2.42. The quantitative estimate of drug-likeness (QED) is 0.705. The summed E-state index contributed by atoms with van der Waals surface area (Å²) in [5.41, 5.74) is -1.75. The van der Waals surface area contributed by atoms with E-state index in [1.54, 1.807) is 55.4 Å². The van der Waals surface area contributed by atoms with Gasteiger partial charge in [0.15, 0.2) is 0 Å². The number of carbonyl (C=O) groups excluding carboxylic acids is 3. The number of rotatable bonds is 2. The van der Waals surface area contributed by atoms with Crippen LogP contribution in [0.4, 0.5) is 14.4 Å². The maximum atomic E-state index is 12.0. The summed E-state index contributed by atoms with van der Waals surface area (Å²) in [6, 6.07) is 0. The first-order valence-electron chi connectivity index (χ1n) is 7.68. The molecule has 2 amide bonds. The van der Waals surface area contributed by atoms with Crippen LogP contribution in [-0.4, -0.2) is 52.8 Å². The minimum Gasteiger partial charge on any atom is -0.448 e.